The maximum absolute atomic E-state index is 12.3. The zero-order valence-electron chi connectivity index (χ0n) is 11.5. The summed E-state index contributed by atoms with van der Waals surface area (Å²) in [4.78, 5) is 24.9. The minimum atomic E-state index is -0.789. The Bertz CT molecular complexity index is 487. The molecule has 1 unspecified atom stereocenters. The molecular weight excluding hydrogens is 244 g/mol. The number of carboxylic acid groups (broad SMARTS) is 1. The van der Waals surface area contributed by atoms with E-state index in [1.54, 1.807) is 11.8 Å². The third kappa shape index (κ3) is 2.50. The number of carbonyl (C=O) groups excluding carboxylic acids is 1. The predicted octanol–water partition coefficient (Wildman–Crippen LogP) is 1.86. The average molecular weight is 264 g/mol. The number of carbonyl (C=O) groups is 2. The minimum Gasteiger partial charge on any atom is -0.481 e. The van der Waals surface area contributed by atoms with E-state index in [-0.39, 0.29) is 23.8 Å². The van der Waals surface area contributed by atoms with Crippen molar-refractivity contribution < 1.29 is 14.7 Å². The lowest BCUT2D eigenvalue weighted by Gasteiger charge is -2.41. The number of aliphatic carboxylic acids is 1. The van der Waals surface area contributed by atoms with Gasteiger partial charge in [-0.2, -0.15) is 0 Å². The second kappa shape index (κ2) is 5.07. The van der Waals surface area contributed by atoms with Crippen LogP contribution in [-0.4, -0.2) is 39.5 Å². The van der Waals surface area contributed by atoms with Crippen molar-refractivity contribution in [3.05, 3.63) is 24.0 Å². The maximum Gasteiger partial charge on any atom is 0.306 e. The highest BCUT2D eigenvalue weighted by molar-refractivity contribution is 5.93. The molecule has 1 N–H and O–H groups in total. The van der Waals surface area contributed by atoms with Crippen LogP contribution >= 0.6 is 0 Å². The summed E-state index contributed by atoms with van der Waals surface area (Å²) in [5.41, 5.74) is 0.677. The molecule has 1 saturated heterocycles. The number of hydrogen-bond acceptors (Lipinski definition) is 2. The van der Waals surface area contributed by atoms with Crippen molar-refractivity contribution in [3.8, 4) is 0 Å². The van der Waals surface area contributed by atoms with Crippen LogP contribution in [-0.2, 0) is 4.79 Å². The van der Waals surface area contributed by atoms with Crippen molar-refractivity contribution in [2.45, 2.75) is 26.8 Å². The molecule has 5 nitrogen and oxygen atoms in total. The van der Waals surface area contributed by atoms with Gasteiger partial charge in [-0.1, -0.05) is 6.92 Å². The molecule has 0 aliphatic carbocycles. The number of amides is 1. The molecule has 104 valence electrons. The number of hydrogen-bond donors (Lipinski definition) is 1. The molecule has 1 aliphatic heterocycles. The SMILES string of the molecule is CC(C(=O)O)C1CN(C(=O)c2cccn2C(C)C)C1. The fourth-order valence-electron chi connectivity index (χ4n) is 2.38. The Balaban J connectivity index is 2.00. The van der Waals surface area contributed by atoms with E-state index in [0.717, 1.165) is 0 Å². The van der Waals surface area contributed by atoms with Crippen LogP contribution in [0.4, 0.5) is 0 Å². The van der Waals surface area contributed by atoms with Crippen LogP contribution in [0.5, 0.6) is 0 Å². The molecule has 0 bridgehead atoms. The Morgan fingerprint density at radius 1 is 1.32 bits per heavy atom. The molecule has 19 heavy (non-hydrogen) atoms. The zero-order valence-corrected chi connectivity index (χ0v) is 11.5. The standard InChI is InChI=1S/C14H20N2O3/c1-9(2)16-6-4-5-12(16)13(17)15-7-11(8-15)10(3)14(18)19/h4-6,9-11H,7-8H2,1-3H3,(H,18,19). The molecule has 1 aliphatic rings. The van der Waals surface area contributed by atoms with E-state index in [9.17, 15) is 9.59 Å². The normalized spacial score (nSPS) is 17.4. The lowest BCUT2D eigenvalue weighted by Crippen LogP contribution is -2.53. The summed E-state index contributed by atoms with van der Waals surface area (Å²) in [6, 6.07) is 3.92. The van der Waals surface area contributed by atoms with Gasteiger partial charge in [0.15, 0.2) is 0 Å². The van der Waals surface area contributed by atoms with Gasteiger partial charge in [0, 0.05) is 31.2 Å². The van der Waals surface area contributed by atoms with Gasteiger partial charge in [0.2, 0.25) is 0 Å². The summed E-state index contributed by atoms with van der Waals surface area (Å²) in [6.07, 6.45) is 1.90. The monoisotopic (exact) mass is 264 g/mol. The van der Waals surface area contributed by atoms with E-state index in [4.69, 9.17) is 5.11 Å². The van der Waals surface area contributed by atoms with Crippen LogP contribution in [0.2, 0.25) is 0 Å². The first-order valence-corrected chi connectivity index (χ1v) is 6.60. The van der Waals surface area contributed by atoms with Gasteiger partial charge in [-0.05, 0) is 26.0 Å². The topological polar surface area (TPSA) is 62.5 Å². The Labute approximate surface area is 112 Å². The molecule has 2 rings (SSSR count). The lowest BCUT2D eigenvalue weighted by molar-refractivity contribution is -0.144. The largest absolute Gasteiger partial charge is 0.481 e. The summed E-state index contributed by atoms with van der Waals surface area (Å²) in [5, 5.41) is 8.94. The van der Waals surface area contributed by atoms with Gasteiger partial charge >= 0.3 is 5.97 Å². The van der Waals surface area contributed by atoms with E-state index in [0.29, 0.717) is 18.8 Å². The first-order valence-electron chi connectivity index (χ1n) is 6.60. The van der Waals surface area contributed by atoms with Crippen LogP contribution in [0, 0.1) is 11.8 Å². The van der Waals surface area contributed by atoms with Crippen LogP contribution in [0.1, 0.15) is 37.3 Å². The van der Waals surface area contributed by atoms with Crippen LogP contribution in [0.15, 0.2) is 18.3 Å². The third-order valence-electron chi connectivity index (χ3n) is 3.85. The molecule has 1 aromatic heterocycles. The van der Waals surface area contributed by atoms with E-state index >= 15 is 0 Å². The van der Waals surface area contributed by atoms with Crippen molar-refractivity contribution in [3.63, 3.8) is 0 Å². The van der Waals surface area contributed by atoms with Crippen LogP contribution < -0.4 is 0 Å². The fourth-order valence-corrected chi connectivity index (χ4v) is 2.38. The third-order valence-corrected chi connectivity index (χ3v) is 3.85. The molecule has 0 saturated carbocycles. The Morgan fingerprint density at radius 2 is 1.95 bits per heavy atom. The summed E-state index contributed by atoms with van der Waals surface area (Å²) >= 11 is 0. The van der Waals surface area contributed by atoms with Crippen LogP contribution in [0.25, 0.3) is 0 Å². The summed E-state index contributed by atoms with van der Waals surface area (Å²) < 4.78 is 1.94. The van der Waals surface area contributed by atoms with E-state index in [1.807, 2.05) is 36.7 Å². The average Bonchev–Trinajstić information content (AvgIpc) is 2.75. The number of aromatic nitrogens is 1. The molecule has 5 heteroatoms. The van der Waals surface area contributed by atoms with Gasteiger partial charge in [0.05, 0.1) is 5.92 Å². The van der Waals surface area contributed by atoms with Crippen molar-refractivity contribution in [1.82, 2.24) is 9.47 Å². The smallest absolute Gasteiger partial charge is 0.306 e. The summed E-state index contributed by atoms with van der Waals surface area (Å²) in [7, 11) is 0. The predicted molar refractivity (Wildman–Crippen MR) is 71.0 cm³/mol. The van der Waals surface area contributed by atoms with Gasteiger partial charge in [0.25, 0.3) is 5.91 Å². The molecule has 1 fully saturated rings. The number of likely N-dealkylation sites (tertiary alicyclic amines) is 1. The number of carboxylic acids is 1. The molecule has 0 spiro atoms. The minimum absolute atomic E-state index is 0.00691. The Hall–Kier alpha value is -1.78. The van der Waals surface area contributed by atoms with Crippen molar-refractivity contribution in [1.29, 1.82) is 0 Å². The Kier molecular flexibility index (Phi) is 3.64. The van der Waals surface area contributed by atoms with Gasteiger partial charge in [0.1, 0.15) is 5.69 Å². The van der Waals surface area contributed by atoms with Gasteiger partial charge in [-0.3, -0.25) is 9.59 Å². The zero-order chi connectivity index (χ0) is 14.2. The maximum atomic E-state index is 12.3. The summed E-state index contributed by atoms with van der Waals surface area (Å²) in [6.45, 7) is 6.83. The molecule has 1 aromatic rings. The fraction of sp³-hybridized carbons (Fsp3) is 0.571. The van der Waals surface area contributed by atoms with Crippen molar-refractivity contribution in [2.24, 2.45) is 11.8 Å². The van der Waals surface area contributed by atoms with Crippen molar-refractivity contribution >= 4 is 11.9 Å². The highest BCUT2D eigenvalue weighted by atomic mass is 16.4. The quantitative estimate of drug-likeness (QED) is 0.903. The second-order valence-electron chi connectivity index (χ2n) is 5.49. The molecule has 0 aromatic carbocycles. The highest BCUT2D eigenvalue weighted by Gasteiger charge is 2.38. The van der Waals surface area contributed by atoms with Gasteiger partial charge < -0.3 is 14.6 Å². The van der Waals surface area contributed by atoms with E-state index in [2.05, 4.69) is 0 Å². The highest BCUT2D eigenvalue weighted by Crippen LogP contribution is 2.26. The van der Waals surface area contributed by atoms with Crippen LogP contribution in [0.3, 0.4) is 0 Å². The lowest BCUT2D eigenvalue weighted by atomic mass is 9.87. The first kappa shape index (κ1) is 13.6. The molecular formula is C14H20N2O3. The Morgan fingerprint density at radius 3 is 2.47 bits per heavy atom. The van der Waals surface area contributed by atoms with E-state index < -0.39 is 5.97 Å². The summed E-state index contributed by atoms with van der Waals surface area (Å²) in [5.74, 6) is -1.11. The first-order chi connectivity index (χ1) is 8.91. The molecule has 2 heterocycles. The van der Waals surface area contributed by atoms with Crippen molar-refractivity contribution in [2.75, 3.05) is 13.1 Å². The van der Waals surface area contributed by atoms with Gasteiger partial charge in [-0.25, -0.2) is 0 Å². The number of rotatable bonds is 4. The molecule has 1 amide bonds. The molecule has 0 radical (unpaired) electrons. The van der Waals surface area contributed by atoms with E-state index in [1.165, 1.54) is 0 Å². The second-order valence-corrected chi connectivity index (χ2v) is 5.49. The molecule has 1 atom stereocenters. The van der Waals surface area contributed by atoms with Gasteiger partial charge in [-0.15, -0.1) is 0 Å². The number of nitrogens with zero attached hydrogens (tertiary/aromatic N) is 2.